The van der Waals surface area contributed by atoms with Crippen molar-refractivity contribution in [3.8, 4) is 0 Å². The maximum Gasteiger partial charge on any atom is 0.311 e. The molecule has 0 saturated heterocycles. The van der Waals surface area contributed by atoms with Crippen LogP contribution >= 0.6 is 0 Å². The summed E-state index contributed by atoms with van der Waals surface area (Å²) in [5, 5.41) is 9.59. The minimum Gasteiger partial charge on any atom is -0.466 e. The Morgan fingerprint density at radius 1 is 0.538 bits per heavy atom. The summed E-state index contributed by atoms with van der Waals surface area (Å²) in [6, 6.07) is 0. The van der Waals surface area contributed by atoms with Crippen molar-refractivity contribution >= 4 is 11.9 Å². The fourth-order valence-corrected chi connectivity index (χ4v) is 7.16. The maximum atomic E-state index is 13.3. The second-order valence-electron chi connectivity index (χ2n) is 16.6. The Kier molecular flexibility index (Phi) is 37.3. The summed E-state index contributed by atoms with van der Waals surface area (Å²) in [7, 11) is 0. The van der Waals surface area contributed by atoms with Gasteiger partial charge in [0.05, 0.1) is 18.6 Å². The number of rotatable bonds is 41. The van der Waals surface area contributed by atoms with Gasteiger partial charge in [0.15, 0.2) is 0 Å². The summed E-state index contributed by atoms with van der Waals surface area (Å²) in [4.78, 5) is 27.8. The molecule has 0 spiro atoms. The Labute approximate surface area is 324 Å². The lowest BCUT2D eigenvalue weighted by Gasteiger charge is -2.27. The second kappa shape index (κ2) is 38.1. The van der Waals surface area contributed by atoms with Crippen LogP contribution in [0.5, 0.6) is 0 Å². The molecule has 0 aromatic carbocycles. The first-order chi connectivity index (χ1) is 25.3. The number of nitrogens with zero attached hydrogens (tertiary/aromatic N) is 1. The molecule has 0 amide bonds. The zero-order valence-corrected chi connectivity index (χ0v) is 35.8. The number of carbonyl (C=O) groups excluding carboxylic acids is 2. The summed E-state index contributed by atoms with van der Waals surface area (Å²) in [5.74, 6) is -0.0555. The zero-order valence-electron chi connectivity index (χ0n) is 35.8. The molecular weight excluding hydrogens is 647 g/mol. The highest BCUT2D eigenvalue weighted by atomic mass is 16.5. The smallest absolute Gasteiger partial charge is 0.311 e. The monoisotopic (exact) mass is 738 g/mol. The molecule has 0 aliphatic carbocycles. The van der Waals surface area contributed by atoms with E-state index in [1.807, 2.05) is 0 Å². The van der Waals surface area contributed by atoms with Crippen LogP contribution in [0.1, 0.15) is 240 Å². The molecule has 0 atom stereocenters. The van der Waals surface area contributed by atoms with Crippen LogP contribution in [0.2, 0.25) is 0 Å². The van der Waals surface area contributed by atoms with E-state index in [-0.39, 0.29) is 24.6 Å². The van der Waals surface area contributed by atoms with Crippen LogP contribution in [0.15, 0.2) is 0 Å². The molecule has 0 saturated carbocycles. The highest BCUT2D eigenvalue weighted by molar-refractivity contribution is 5.76. The van der Waals surface area contributed by atoms with Crippen molar-refractivity contribution < 1.29 is 24.2 Å². The van der Waals surface area contributed by atoms with E-state index < -0.39 is 5.41 Å². The average molecular weight is 738 g/mol. The molecular formula is C46H91NO5. The normalized spacial score (nSPS) is 11.9. The lowest BCUT2D eigenvalue weighted by Crippen LogP contribution is -2.31. The molecule has 0 aromatic heterocycles. The Bertz CT molecular complexity index is 756. The molecule has 0 aromatic rings. The van der Waals surface area contributed by atoms with Crippen molar-refractivity contribution in [2.75, 3.05) is 32.8 Å². The van der Waals surface area contributed by atoms with Crippen molar-refractivity contribution in [1.82, 2.24) is 4.90 Å². The Morgan fingerprint density at radius 3 is 1.46 bits per heavy atom. The predicted octanol–water partition coefficient (Wildman–Crippen LogP) is 13.3. The van der Waals surface area contributed by atoms with Gasteiger partial charge in [-0.1, -0.05) is 162 Å². The second-order valence-corrected chi connectivity index (χ2v) is 16.6. The highest BCUT2D eigenvalue weighted by Gasteiger charge is 2.30. The van der Waals surface area contributed by atoms with Gasteiger partial charge in [0.1, 0.15) is 6.10 Å². The van der Waals surface area contributed by atoms with E-state index in [2.05, 4.69) is 39.5 Å². The van der Waals surface area contributed by atoms with E-state index in [0.29, 0.717) is 19.6 Å². The minimum atomic E-state index is -0.441. The predicted molar refractivity (Wildman–Crippen MR) is 223 cm³/mol. The summed E-state index contributed by atoms with van der Waals surface area (Å²) >= 11 is 0. The van der Waals surface area contributed by atoms with E-state index in [1.165, 1.54) is 122 Å². The van der Waals surface area contributed by atoms with E-state index >= 15 is 0 Å². The third-order valence-electron chi connectivity index (χ3n) is 10.9. The highest BCUT2D eigenvalue weighted by Crippen LogP contribution is 2.28. The molecule has 0 bridgehead atoms. The third kappa shape index (κ3) is 33.4. The van der Waals surface area contributed by atoms with Crippen LogP contribution in [0.3, 0.4) is 0 Å². The molecule has 1 N–H and O–H groups in total. The SMILES string of the molecule is CCCCCCCCCCCOC(=O)CCCCCN(CCO)CCCCCCC(C)(C)C(=O)OC(CCCCCCCC)CCCCCCCC. The van der Waals surface area contributed by atoms with Crippen molar-refractivity contribution in [3.63, 3.8) is 0 Å². The van der Waals surface area contributed by atoms with Crippen molar-refractivity contribution in [1.29, 1.82) is 0 Å². The molecule has 0 aliphatic rings. The molecule has 310 valence electrons. The van der Waals surface area contributed by atoms with E-state index in [1.54, 1.807) is 0 Å². The van der Waals surface area contributed by atoms with Gasteiger partial charge in [0.25, 0.3) is 0 Å². The first-order valence-electron chi connectivity index (χ1n) is 23.0. The van der Waals surface area contributed by atoms with Crippen LogP contribution in [0, 0.1) is 5.41 Å². The number of esters is 2. The molecule has 0 fully saturated rings. The molecule has 0 unspecified atom stereocenters. The molecule has 6 heteroatoms. The number of aliphatic hydroxyl groups is 1. The number of hydrogen-bond acceptors (Lipinski definition) is 6. The van der Waals surface area contributed by atoms with Gasteiger partial charge in [-0.3, -0.25) is 9.59 Å². The lowest BCUT2D eigenvalue weighted by atomic mass is 9.86. The van der Waals surface area contributed by atoms with Gasteiger partial charge in [-0.05, 0) is 84.7 Å². The quantitative estimate of drug-likeness (QED) is 0.0497. The lowest BCUT2D eigenvalue weighted by molar-refractivity contribution is -0.161. The molecule has 52 heavy (non-hydrogen) atoms. The Morgan fingerprint density at radius 2 is 0.962 bits per heavy atom. The largest absolute Gasteiger partial charge is 0.466 e. The van der Waals surface area contributed by atoms with Crippen LogP contribution < -0.4 is 0 Å². The topological polar surface area (TPSA) is 76.1 Å². The van der Waals surface area contributed by atoms with Crippen molar-refractivity contribution in [2.45, 2.75) is 246 Å². The summed E-state index contributed by atoms with van der Waals surface area (Å²) in [6.07, 6.45) is 37.5. The zero-order chi connectivity index (χ0) is 38.4. The first-order valence-corrected chi connectivity index (χ1v) is 23.0. The summed E-state index contributed by atoms with van der Waals surface area (Å²) in [5.41, 5.74) is -0.441. The van der Waals surface area contributed by atoms with Gasteiger partial charge >= 0.3 is 11.9 Å². The van der Waals surface area contributed by atoms with Gasteiger partial charge in [-0.25, -0.2) is 0 Å². The Balaban J connectivity index is 4.19. The Hall–Kier alpha value is -1.14. The number of hydrogen-bond donors (Lipinski definition) is 1. The van der Waals surface area contributed by atoms with Crippen molar-refractivity contribution in [2.24, 2.45) is 5.41 Å². The van der Waals surface area contributed by atoms with E-state index in [4.69, 9.17) is 9.47 Å². The fraction of sp³-hybridized carbons (Fsp3) is 0.957. The molecule has 6 nitrogen and oxygen atoms in total. The van der Waals surface area contributed by atoms with Gasteiger partial charge in [-0.15, -0.1) is 0 Å². The van der Waals surface area contributed by atoms with Gasteiger partial charge < -0.3 is 19.5 Å². The van der Waals surface area contributed by atoms with Gasteiger partial charge in [0.2, 0.25) is 0 Å². The molecule has 0 aliphatic heterocycles. The third-order valence-corrected chi connectivity index (χ3v) is 10.9. The molecule has 0 radical (unpaired) electrons. The van der Waals surface area contributed by atoms with Crippen LogP contribution in [-0.4, -0.2) is 60.9 Å². The summed E-state index contributed by atoms with van der Waals surface area (Å²) in [6.45, 7) is 14.3. The van der Waals surface area contributed by atoms with Crippen LogP contribution in [0.4, 0.5) is 0 Å². The number of unbranched alkanes of at least 4 members (excludes halogenated alkanes) is 23. The number of aliphatic hydroxyl groups excluding tert-OH is 1. The maximum absolute atomic E-state index is 13.3. The summed E-state index contributed by atoms with van der Waals surface area (Å²) < 4.78 is 11.7. The van der Waals surface area contributed by atoms with Crippen molar-refractivity contribution in [3.05, 3.63) is 0 Å². The van der Waals surface area contributed by atoms with Crippen LogP contribution in [0.25, 0.3) is 0 Å². The standard InChI is InChI=1S/C46H91NO5/c1-6-9-12-15-18-19-20-25-33-42-51-44(49)36-29-26-32-39-47(40-41-48)38-31-24-23-30-37-46(4,5)45(50)52-43(34-27-21-16-13-10-7-2)35-28-22-17-14-11-8-3/h43,48H,6-42H2,1-5H3. The van der Waals surface area contributed by atoms with E-state index in [9.17, 15) is 14.7 Å². The number of ether oxygens (including phenoxy) is 2. The van der Waals surface area contributed by atoms with Gasteiger partial charge in [-0.2, -0.15) is 0 Å². The first kappa shape index (κ1) is 50.9. The average Bonchev–Trinajstić information content (AvgIpc) is 3.12. The number of carbonyl (C=O) groups is 2. The molecule has 0 heterocycles. The fourth-order valence-electron chi connectivity index (χ4n) is 7.16. The van der Waals surface area contributed by atoms with Crippen LogP contribution in [-0.2, 0) is 19.1 Å². The minimum absolute atomic E-state index is 0.00403. The molecule has 0 rings (SSSR count). The van der Waals surface area contributed by atoms with E-state index in [0.717, 1.165) is 90.1 Å². The van der Waals surface area contributed by atoms with Gasteiger partial charge in [0, 0.05) is 13.0 Å².